The van der Waals surface area contributed by atoms with Crippen LogP contribution < -0.4 is 5.32 Å². The van der Waals surface area contributed by atoms with Crippen molar-refractivity contribution in [1.82, 2.24) is 15.0 Å². The van der Waals surface area contributed by atoms with Crippen LogP contribution in [0.2, 0.25) is 10.0 Å². The van der Waals surface area contributed by atoms with E-state index >= 15 is 0 Å². The number of aromatic nitrogens is 2. The number of anilines is 1. The molecule has 2 heterocycles. The van der Waals surface area contributed by atoms with Crippen LogP contribution in [0.5, 0.6) is 0 Å². The van der Waals surface area contributed by atoms with Crippen LogP contribution in [0.15, 0.2) is 47.0 Å². The summed E-state index contributed by atoms with van der Waals surface area (Å²) < 4.78 is 5.46. The van der Waals surface area contributed by atoms with Gasteiger partial charge in [-0.2, -0.15) is 4.98 Å². The Morgan fingerprint density at radius 3 is 2.75 bits per heavy atom. The van der Waals surface area contributed by atoms with Crippen LogP contribution in [-0.2, 0) is 0 Å². The maximum absolute atomic E-state index is 12.8. The quantitative estimate of drug-likeness (QED) is 0.592. The van der Waals surface area contributed by atoms with Gasteiger partial charge in [0.25, 0.3) is 0 Å². The van der Waals surface area contributed by atoms with Gasteiger partial charge in [-0.1, -0.05) is 34.4 Å². The topological polar surface area (TPSA) is 71.3 Å². The van der Waals surface area contributed by atoms with Crippen LogP contribution in [0, 0.1) is 6.92 Å². The fourth-order valence-corrected chi connectivity index (χ4v) is 3.53. The van der Waals surface area contributed by atoms with E-state index in [-0.39, 0.29) is 12.1 Å². The van der Waals surface area contributed by atoms with Crippen LogP contribution in [0.3, 0.4) is 0 Å². The van der Waals surface area contributed by atoms with Crippen molar-refractivity contribution in [2.24, 2.45) is 0 Å². The first kappa shape index (κ1) is 18.8. The Morgan fingerprint density at radius 2 is 2.00 bits per heavy atom. The molecule has 1 N–H and O–H groups in total. The van der Waals surface area contributed by atoms with Crippen molar-refractivity contribution >= 4 is 34.9 Å². The normalized spacial score (nSPS) is 16.4. The van der Waals surface area contributed by atoms with Gasteiger partial charge in [0.2, 0.25) is 11.7 Å². The first-order chi connectivity index (χ1) is 13.5. The Hall–Kier alpha value is -2.57. The first-order valence-corrected chi connectivity index (χ1v) is 9.70. The van der Waals surface area contributed by atoms with E-state index in [1.54, 1.807) is 23.1 Å². The van der Waals surface area contributed by atoms with Gasteiger partial charge in [0.05, 0.1) is 0 Å². The second-order valence-corrected chi connectivity index (χ2v) is 7.55. The van der Waals surface area contributed by atoms with E-state index in [1.807, 2.05) is 31.2 Å². The van der Waals surface area contributed by atoms with Crippen molar-refractivity contribution in [2.75, 3.05) is 11.9 Å². The predicted octanol–water partition coefficient (Wildman–Crippen LogP) is 5.72. The molecule has 1 atom stereocenters. The van der Waals surface area contributed by atoms with Gasteiger partial charge in [-0.05, 0) is 61.7 Å². The second kappa shape index (κ2) is 7.81. The molecule has 2 amide bonds. The van der Waals surface area contributed by atoms with Crippen LogP contribution in [0.4, 0.5) is 10.5 Å². The summed E-state index contributed by atoms with van der Waals surface area (Å²) in [5, 5.41) is 8.20. The highest BCUT2D eigenvalue weighted by Gasteiger charge is 2.34. The molecular weight excluding hydrogens is 399 g/mol. The molecule has 8 heteroatoms. The minimum atomic E-state index is -0.255. The van der Waals surface area contributed by atoms with Crippen molar-refractivity contribution < 1.29 is 9.32 Å². The number of urea groups is 1. The smallest absolute Gasteiger partial charge is 0.322 e. The van der Waals surface area contributed by atoms with E-state index in [0.717, 1.165) is 24.0 Å². The molecule has 28 heavy (non-hydrogen) atoms. The molecule has 2 aromatic carbocycles. The van der Waals surface area contributed by atoms with Crippen molar-refractivity contribution in [3.63, 3.8) is 0 Å². The Labute approximate surface area is 172 Å². The molecule has 0 saturated carbocycles. The number of carbonyl (C=O) groups excluding carboxylic acids is 1. The highest BCUT2D eigenvalue weighted by Crippen LogP contribution is 2.33. The molecule has 1 aromatic heterocycles. The maximum Gasteiger partial charge on any atom is 0.322 e. The summed E-state index contributed by atoms with van der Waals surface area (Å²) in [4.78, 5) is 19.0. The van der Waals surface area contributed by atoms with Crippen LogP contribution in [0.1, 0.15) is 30.3 Å². The largest absolute Gasteiger partial charge is 0.337 e. The number of rotatable bonds is 3. The standard InChI is InChI=1S/C20H18Cl2N4O2/c1-12-4-9-15(11-16(12)22)23-20(27)26-10-2-3-17(26)19-24-18(25-28-19)13-5-7-14(21)8-6-13/h4-9,11,17H,2-3,10H2,1H3,(H,23,27)/t17-/m1/s1. The Bertz CT molecular complexity index is 1000. The van der Waals surface area contributed by atoms with Gasteiger partial charge in [-0.3, -0.25) is 0 Å². The van der Waals surface area contributed by atoms with Crippen molar-refractivity contribution in [3.8, 4) is 11.4 Å². The summed E-state index contributed by atoms with van der Waals surface area (Å²) in [6.07, 6.45) is 1.63. The number of hydrogen-bond donors (Lipinski definition) is 1. The number of nitrogens with one attached hydrogen (secondary N) is 1. The lowest BCUT2D eigenvalue weighted by atomic mass is 10.2. The Kier molecular flexibility index (Phi) is 5.24. The maximum atomic E-state index is 12.8. The average molecular weight is 417 g/mol. The number of halogens is 2. The number of carbonyl (C=O) groups is 1. The molecule has 4 rings (SSSR count). The van der Waals surface area contributed by atoms with E-state index in [1.165, 1.54) is 0 Å². The molecule has 6 nitrogen and oxygen atoms in total. The molecule has 0 unspecified atom stereocenters. The third-order valence-electron chi connectivity index (χ3n) is 4.77. The summed E-state index contributed by atoms with van der Waals surface area (Å²) in [6.45, 7) is 2.53. The molecule has 1 fully saturated rings. The molecule has 0 bridgehead atoms. The van der Waals surface area contributed by atoms with Gasteiger partial charge in [-0.25, -0.2) is 4.79 Å². The number of amides is 2. The number of benzene rings is 2. The van der Waals surface area contributed by atoms with E-state index in [9.17, 15) is 4.79 Å². The Morgan fingerprint density at radius 1 is 1.21 bits per heavy atom. The van der Waals surface area contributed by atoms with Gasteiger partial charge in [0, 0.05) is 27.8 Å². The van der Waals surface area contributed by atoms with Gasteiger partial charge in [0.1, 0.15) is 6.04 Å². The molecule has 1 aliphatic rings. The molecule has 0 aliphatic carbocycles. The molecule has 0 radical (unpaired) electrons. The number of nitrogens with zero attached hydrogens (tertiary/aromatic N) is 3. The van der Waals surface area contributed by atoms with Gasteiger partial charge in [0.15, 0.2) is 0 Å². The fraction of sp³-hybridized carbons (Fsp3) is 0.250. The van der Waals surface area contributed by atoms with Crippen LogP contribution in [-0.4, -0.2) is 27.6 Å². The number of aryl methyl sites for hydroxylation is 1. The summed E-state index contributed by atoms with van der Waals surface area (Å²) in [7, 11) is 0. The Balaban J connectivity index is 1.51. The lowest BCUT2D eigenvalue weighted by Gasteiger charge is -2.22. The van der Waals surface area contributed by atoms with Crippen molar-refractivity contribution in [2.45, 2.75) is 25.8 Å². The highest BCUT2D eigenvalue weighted by atomic mass is 35.5. The monoisotopic (exact) mass is 416 g/mol. The van der Waals surface area contributed by atoms with Gasteiger partial charge in [-0.15, -0.1) is 0 Å². The van der Waals surface area contributed by atoms with E-state index < -0.39 is 0 Å². The zero-order valence-corrected chi connectivity index (χ0v) is 16.7. The van der Waals surface area contributed by atoms with Crippen LogP contribution >= 0.6 is 23.2 Å². The fourth-order valence-electron chi connectivity index (χ4n) is 3.22. The zero-order valence-electron chi connectivity index (χ0n) is 15.2. The lowest BCUT2D eigenvalue weighted by Crippen LogP contribution is -2.34. The average Bonchev–Trinajstić information content (AvgIpc) is 3.34. The highest BCUT2D eigenvalue weighted by molar-refractivity contribution is 6.31. The summed E-state index contributed by atoms with van der Waals surface area (Å²) >= 11 is 12.1. The van der Waals surface area contributed by atoms with Crippen molar-refractivity contribution in [1.29, 1.82) is 0 Å². The van der Waals surface area contributed by atoms with E-state index in [4.69, 9.17) is 27.7 Å². The lowest BCUT2D eigenvalue weighted by molar-refractivity contribution is 0.193. The molecule has 144 valence electrons. The second-order valence-electron chi connectivity index (χ2n) is 6.71. The molecule has 1 aliphatic heterocycles. The first-order valence-electron chi connectivity index (χ1n) is 8.94. The summed E-state index contributed by atoms with van der Waals surface area (Å²) in [5.41, 5.74) is 2.42. The van der Waals surface area contributed by atoms with Crippen LogP contribution in [0.25, 0.3) is 11.4 Å². The third-order valence-corrected chi connectivity index (χ3v) is 5.43. The molecular formula is C20H18Cl2N4O2. The SMILES string of the molecule is Cc1ccc(NC(=O)N2CCC[C@@H]2c2nc(-c3ccc(Cl)cc3)no2)cc1Cl. The molecule has 3 aromatic rings. The van der Waals surface area contributed by atoms with Gasteiger partial charge < -0.3 is 14.7 Å². The van der Waals surface area contributed by atoms with Crippen molar-refractivity contribution in [3.05, 3.63) is 64.0 Å². The van der Waals surface area contributed by atoms with E-state index in [0.29, 0.717) is 34.0 Å². The minimum absolute atomic E-state index is 0.214. The van der Waals surface area contributed by atoms with E-state index in [2.05, 4.69) is 15.5 Å². The molecule has 0 spiro atoms. The number of hydrogen-bond acceptors (Lipinski definition) is 4. The predicted molar refractivity (Wildman–Crippen MR) is 109 cm³/mol. The number of likely N-dealkylation sites (tertiary alicyclic amines) is 1. The summed E-state index contributed by atoms with van der Waals surface area (Å²) in [5.74, 6) is 0.906. The van der Waals surface area contributed by atoms with Gasteiger partial charge >= 0.3 is 6.03 Å². The zero-order chi connectivity index (χ0) is 19.7. The third kappa shape index (κ3) is 3.84. The summed E-state index contributed by atoms with van der Waals surface area (Å²) in [6, 6.07) is 12.2. The molecule has 1 saturated heterocycles. The minimum Gasteiger partial charge on any atom is -0.337 e.